The second-order valence-electron chi connectivity index (χ2n) is 5.86. The number of nitrogens with zero attached hydrogens (tertiary/aromatic N) is 1. The van der Waals surface area contributed by atoms with Gasteiger partial charge in [0.2, 0.25) is 0 Å². The number of aliphatic hydroxyl groups excluding tert-OH is 3. The molecule has 9 nitrogen and oxygen atoms in total. The van der Waals surface area contributed by atoms with E-state index in [0.717, 1.165) is 0 Å². The van der Waals surface area contributed by atoms with E-state index in [0.29, 0.717) is 16.9 Å². The van der Waals surface area contributed by atoms with Crippen LogP contribution in [-0.2, 0) is 6.54 Å². The number of nitro benzene ring substituents is 1. The molecule has 1 aliphatic rings. The molecule has 2 unspecified atom stereocenters. The molecule has 9 heteroatoms. The van der Waals surface area contributed by atoms with Gasteiger partial charge in [0.05, 0.1) is 22.9 Å². The highest BCUT2D eigenvalue weighted by molar-refractivity contribution is 5.78. The summed E-state index contributed by atoms with van der Waals surface area (Å²) in [5.41, 5.74) is 0.673. The van der Waals surface area contributed by atoms with Gasteiger partial charge in [-0.1, -0.05) is 0 Å². The zero-order valence-electron chi connectivity index (χ0n) is 12.3. The summed E-state index contributed by atoms with van der Waals surface area (Å²) in [5, 5.41) is 48.0. The van der Waals surface area contributed by atoms with E-state index in [1.54, 1.807) is 13.8 Å². The number of hydrogen-bond donors (Lipinski definition) is 6. The lowest BCUT2D eigenvalue weighted by molar-refractivity contribution is -0.384. The molecule has 1 aromatic rings. The van der Waals surface area contributed by atoms with E-state index in [-0.39, 0.29) is 18.8 Å². The minimum atomic E-state index is -1.26. The number of benzene rings is 1. The Morgan fingerprint density at radius 3 is 2.55 bits per heavy atom. The fourth-order valence-corrected chi connectivity index (χ4v) is 2.07. The van der Waals surface area contributed by atoms with Crippen LogP contribution in [0.1, 0.15) is 19.4 Å². The molecule has 2 atom stereocenters. The summed E-state index contributed by atoms with van der Waals surface area (Å²) in [6.07, 6.45) is -2.48. The Hall–Kier alpha value is -1.94. The van der Waals surface area contributed by atoms with Gasteiger partial charge in [0.1, 0.15) is 0 Å². The summed E-state index contributed by atoms with van der Waals surface area (Å²) in [4.78, 5) is 10.5. The molecule has 0 spiro atoms. The molecule has 0 radical (unpaired) electrons. The zero-order valence-corrected chi connectivity index (χ0v) is 12.3. The quantitative estimate of drug-likeness (QED) is 0.328. The van der Waals surface area contributed by atoms with Crippen LogP contribution >= 0.6 is 0 Å². The van der Waals surface area contributed by atoms with E-state index in [1.807, 2.05) is 0 Å². The summed E-state index contributed by atoms with van der Waals surface area (Å²) >= 11 is 0. The number of hydrogen-bond acceptors (Lipinski definition) is 8. The van der Waals surface area contributed by atoms with Gasteiger partial charge in [-0.2, -0.15) is 0 Å². The third-order valence-corrected chi connectivity index (χ3v) is 3.46. The lowest BCUT2D eigenvalue weighted by Gasteiger charge is -2.32. The first-order valence-corrected chi connectivity index (χ1v) is 6.80. The van der Waals surface area contributed by atoms with E-state index < -0.39 is 22.9 Å². The van der Waals surface area contributed by atoms with Crippen molar-refractivity contribution in [3.8, 4) is 0 Å². The van der Waals surface area contributed by atoms with Gasteiger partial charge in [0, 0.05) is 24.2 Å². The van der Waals surface area contributed by atoms with Gasteiger partial charge in [-0.15, -0.1) is 0 Å². The van der Waals surface area contributed by atoms with E-state index in [1.165, 1.54) is 12.1 Å². The van der Waals surface area contributed by atoms with Crippen molar-refractivity contribution in [2.24, 2.45) is 0 Å². The minimum absolute atomic E-state index is 0.100. The van der Waals surface area contributed by atoms with Crippen LogP contribution in [0.25, 0.3) is 0 Å². The lowest BCUT2D eigenvalue weighted by atomic mass is 10.0. The monoisotopic (exact) mass is 312 g/mol. The highest BCUT2D eigenvalue weighted by atomic mass is 16.6. The maximum atomic E-state index is 11.0. The van der Waals surface area contributed by atoms with Gasteiger partial charge in [0.15, 0.2) is 12.5 Å². The molecule has 0 aliphatic carbocycles. The third-order valence-electron chi connectivity index (χ3n) is 3.46. The predicted molar refractivity (Wildman–Crippen MR) is 80.4 cm³/mol. The average molecular weight is 312 g/mol. The van der Waals surface area contributed by atoms with Crippen molar-refractivity contribution in [1.29, 1.82) is 0 Å². The van der Waals surface area contributed by atoms with E-state index in [9.17, 15) is 25.4 Å². The Morgan fingerprint density at radius 2 is 1.95 bits per heavy atom. The second kappa shape index (κ2) is 6.05. The second-order valence-corrected chi connectivity index (χ2v) is 5.86. The first-order valence-electron chi connectivity index (χ1n) is 6.80. The van der Waals surface area contributed by atoms with Gasteiger partial charge in [0.25, 0.3) is 5.69 Å². The molecule has 1 heterocycles. The molecule has 0 saturated carbocycles. The topological polar surface area (TPSA) is 140 Å². The molecule has 0 bridgehead atoms. The summed E-state index contributed by atoms with van der Waals surface area (Å²) in [6.45, 7) is 3.73. The van der Waals surface area contributed by atoms with Crippen LogP contribution in [0, 0.1) is 10.1 Å². The molecule has 0 saturated heterocycles. The molecule has 22 heavy (non-hydrogen) atoms. The van der Waals surface area contributed by atoms with Crippen molar-refractivity contribution >= 4 is 17.1 Å². The summed E-state index contributed by atoms with van der Waals surface area (Å²) in [7, 11) is 0. The number of nitro groups is 1. The van der Waals surface area contributed by atoms with Gasteiger partial charge in [-0.25, -0.2) is 0 Å². The Bertz CT molecular complexity index is 578. The third kappa shape index (κ3) is 3.45. The highest BCUT2D eigenvalue weighted by Gasteiger charge is 2.28. The number of anilines is 2. The molecular formula is C13H20N4O5. The first kappa shape index (κ1) is 16.4. The normalized spacial score (nSPS) is 20.8. The fraction of sp³-hybridized carbons (Fsp3) is 0.538. The van der Waals surface area contributed by atoms with Crippen LogP contribution in [0.3, 0.4) is 0 Å². The van der Waals surface area contributed by atoms with Crippen molar-refractivity contribution in [3.63, 3.8) is 0 Å². The van der Waals surface area contributed by atoms with Crippen LogP contribution in [0.5, 0.6) is 0 Å². The fourth-order valence-electron chi connectivity index (χ4n) is 2.07. The van der Waals surface area contributed by atoms with E-state index >= 15 is 0 Å². The van der Waals surface area contributed by atoms with Crippen molar-refractivity contribution < 1.29 is 20.2 Å². The van der Waals surface area contributed by atoms with Crippen LogP contribution in [0.15, 0.2) is 12.1 Å². The molecule has 0 fully saturated rings. The molecule has 1 aliphatic heterocycles. The van der Waals surface area contributed by atoms with Crippen molar-refractivity contribution in [2.45, 2.75) is 38.4 Å². The van der Waals surface area contributed by atoms with Crippen LogP contribution in [0.2, 0.25) is 0 Å². The summed E-state index contributed by atoms with van der Waals surface area (Å²) < 4.78 is 0. The summed E-state index contributed by atoms with van der Waals surface area (Å²) in [5.74, 6) is 0. The van der Waals surface area contributed by atoms with Gasteiger partial charge in [-0.3, -0.25) is 10.1 Å². The lowest BCUT2D eigenvalue weighted by Crippen LogP contribution is -2.44. The molecule has 2 rings (SSSR count). The maximum absolute atomic E-state index is 11.0. The van der Waals surface area contributed by atoms with E-state index in [2.05, 4.69) is 16.0 Å². The molecular weight excluding hydrogens is 292 g/mol. The number of non-ortho nitro benzene ring substituents is 1. The number of rotatable bonds is 5. The van der Waals surface area contributed by atoms with Crippen molar-refractivity contribution in [1.82, 2.24) is 5.32 Å². The molecule has 6 N–H and O–H groups in total. The maximum Gasteiger partial charge on any atom is 0.271 e. The highest BCUT2D eigenvalue weighted by Crippen LogP contribution is 2.35. The Kier molecular flexibility index (Phi) is 4.52. The first-order chi connectivity index (χ1) is 10.2. The number of fused-ring (bicyclic) bond motifs is 1. The van der Waals surface area contributed by atoms with Crippen LogP contribution < -0.4 is 16.0 Å². The standard InChI is InChI=1S/C13H20N4O5/c1-13(2,6-18)14-5-7-3-8(17(21)22)4-9-10(7)16-12(20)11(19)15-9/h3-4,11-12,14-16,18-20H,5-6H2,1-2H3. The number of nitrogens with one attached hydrogen (secondary N) is 3. The van der Waals surface area contributed by atoms with Crippen molar-refractivity contribution in [2.75, 3.05) is 17.2 Å². The Labute approximate surface area is 127 Å². The smallest absolute Gasteiger partial charge is 0.271 e. The number of aliphatic hydroxyl groups is 3. The van der Waals surface area contributed by atoms with Crippen LogP contribution in [0.4, 0.5) is 17.1 Å². The Balaban J connectivity index is 2.36. The molecule has 0 aromatic heterocycles. The SMILES string of the molecule is CC(C)(CO)NCc1cc([N+](=O)[O-])cc2c1NC(O)C(O)N2. The Morgan fingerprint density at radius 1 is 1.32 bits per heavy atom. The molecule has 1 aromatic carbocycles. The largest absolute Gasteiger partial charge is 0.394 e. The minimum Gasteiger partial charge on any atom is -0.394 e. The van der Waals surface area contributed by atoms with Crippen LogP contribution in [-0.4, -0.2) is 44.8 Å². The van der Waals surface area contributed by atoms with Gasteiger partial charge in [-0.05, 0) is 19.4 Å². The zero-order chi connectivity index (χ0) is 16.5. The predicted octanol–water partition coefficient (Wildman–Crippen LogP) is -0.0705. The van der Waals surface area contributed by atoms with Gasteiger partial charge < -0.3 is 31.3 Å². The molecule has 0 amide bonds. The van der Waals surface area contributed by atoms with Gasteiger partial charge >= 0.3 is 0 Å². The van der Waals surface area contributed by atoms with Crippen molar-refractivity contribution in [3.05, 3.63) is 27.8 Å². The van der Waals surface area contributed by atoms with E-state index in [4.69, 9.17) is 0 Å². The molecule has 122 valence electrons. The average Bonchev–Trinajstić information content (AvgIpc) is 2.46. The summed E-state index contributed by atoms with van der Waals surface area (Å²) in [6, 6.07) is 2.68.